The van der Waals surface area contributed by atoms with E-state index < -0.39 is 60.5 Å². The molecule has 1 aliphatic rings. The number of nitrogen functional groups attached to an aromatic ring is 2. The van der Waals surface area contributed by atoms with Gasteiger partial charge in [0.1, 0.15) is 33.0 Å². The summed E-state index contributed by atoms with van der Waals surface area (Å²) in [5.41, 5.74) is 43.5. The Hall–Kier alpha value is -16.5. The lowest BCUT2D eigenvalue weighted by Crippen LogP contribution is -2.25. The van der Waals surface area contributed by atoms with Crippen molar-refractivity contribution < 1.29 is 32.8 Å². The number of nitrogens with zero attached hydrogens (tertiary/aromatic N) is 6. The molecule has 666 valence electrons. The maximum Gasteiger partial charge on any atom is 0.200 e. The Balaban J connectivity index is 0.000000151. The van der Waals surface area contributed by atoms with Gasteiger partial charge in [-0.05, 0) is 298 Å². The molecule has 16 heteroatoms. The van der Waals surface area contributed by atoms with E-state index in [1.807, 2.05) is 0 Å². The maximum absolute atomic E-state index is 12.7. The SMILES string of the molecule is C=C(C)N(c1ccc(C)cc1)c1ccc([C+](c2ccc(N(C(=C)C)c3ccc(C)cc3)cc2)c2c(-c3ccccc3)n(C)c3ccccc23)cc1.Cc1cc(N)c2c(c1O)C(=O)c1c(N)cc(S(=O)(=O)[O-])c(O)c1C2=O.Cc1ccc(N(c2ccc(C)cc2)c2ccc([C+](c3ccc(N(c4ccc(C)cc4)c4ccc(C)cc4)cc3)c3c(-c4ccccc4)n(C)c4ccccc34)cc2)cc1. The summed E-state index contributed by atoms with van der Waals surface area (Å²) in [5, 5.41) is 22.7. The monoisotopic (exact) mass is 1790 g/mol. The van der Waals surface area contributed by atoms with E-state index in [0.717, 1.165) is 90.5 Å². The number of carbonyl (C=O) groups excluding carboxylic acids is 2. The molecule has 0 unspecified atom stereocenters. The van der Waals surface area contributed by atoms with Crippen molar-refractivity contribution in [2.24, 2.45) is 14.1 Å². The molecule has 0 saturated carbocycles. The molecule has 2 aromatic heterocycles. The third-order valence-electron chi connectivity index (χ3n) is 25.0. The highest BCUT2D eigenvalue weighted by molar-refractivity contribution is 7.85. The maximum atomic E-state index is 12.7. The fourth-order valence-corrected chi connectivity index (χ4v) is 18.9. The number of hydrogen-bond donors (Lipinski definition) is 4. The number of hydrogen-bond acceptors (Lipinski definition) is 13. The van der Waals surface area contributed by atoms with Crippen molar-refractivity contribution in [2.45, 2.75) is 67.2 Å². The number of nitrogens with two attached hydrogens (primary N) is 2. The number of aromatic hydroxyl groups is 2. The largest absolute Gasteiger partial charge is 0.744 e. The predicted molar refractivity (Wildman–Crippen MR) is 553 cm³/mol. The average molecular weight is 1790 g/mol. The summed E-state index contributed by atoms with van der Waals surface area (Å²) in [6, 6.07) is 129. The first kappa shape index (κ1) is 90.4. The molecule has 2 heterocycles. The number of fused-ring (bicyclic) bond motifs is 4. The summed E-state index contributed by atoms with van der Waals surface area (Å²) in [5.74, 6) is -1.23. The Bertz CT molecular complexity index is 7300. The minimum atomic E-state index is -5.16. The molecule has 0 atom stereocenters. The highest BCUT2D eigenvalue weighted by Crippen LogP contribution is 2.50. The van der Waals surface area contributed by atoms with Gasteiger partial charge in [0.2, 0.25) is 11.6 Å². The third-order valence-corrected chi connectivity index (χ3v) is 25.8. The standard InChI is InChI=1S/C56H48N3.C48H44N3.C15H12N2O7S/c1-39-15-27-46(28-16-39)58(47-29-17-40(2)18-30-47)50-35-23-43(24-36-50)54(55-52-13-9-10-14-53(52)57(5)56(55)45-11-7-6-8-12-45)44-25-37-51(38-26-44)59(48-31-19-41(3)20-32-48)49-33-21-42(4)22-34-49;1-33(2)50(40-25-17-35(5)18-26-40)42-29-21-37(22-30-42)46(38-23-31-43(32-24-38)51(34(3)4)41-27-19-36(6)20-28-41)47-44-15-11-12-16-45(44)49(7)48(47)39-13-9-8-10-14-39;1-4-2-5(16)8-10(12(4)18)14(20)9-6(17)3-7(25(22,23)24)13(19)11(9)15(8)21/h6-38H,1-5H3;8-32H,1,3H2,2,4-7H3;2-3,18-19H,16-17H2,1H3,(H,22,23,24)/q2*+1;/p-1. The highest BCUT2D eigenvalue weighted by atomic mass is 32.2. The summed E-state index contributed by atoms with van der Waals surface area (Å²) in [7, 11) is -0.785. The zero-order valence-electron chi connectivity index (χ0n) is 77.2. The quantitative estimate of drug-likeness (QED) is 0.0229. The number of allylic oxidation sites excluding steroid dienone is 2. The lowest BCUT2D eigenvalue weighted by Gasteiger charge is -2.26. The van der Waals surface area contributed by atoms with E-state index in [-0.39, 0.29) is 16.8 Å². The topological polar surface area (TPSA) is 207 Å². The summed E-state index contributed by atoms with van der Waals surface area (Å²) in [6.07, 6.45) is 0. The molecule has 0 fully saturated rings. The van der Waals surface area contributed by atoms with Crippen LogP contribution >= 0.6 is 0 Å². The molecule has 18 aromatic rings. The van der Waals surface area contributed by atoms with Gasteiger partial charge < -0.3 is 55.0 Å². The lowest BCUT2D eigenvalue weighted by molar-refractivity contribution is 0.0975. The molecule has 16 aromatic carbocycles. The van der Waals surface area contributed by atoms with Gasteiger partial charge in [0, 0.05) is 82.1 Å². The first-order valence-corrected chi connectivity index (χ1v) is 46.1. The minimum absolute atomic E-state index is 0.150. The van der Waals surface area contributed by atoms with E-state index in [2.05, 4.69) is 463 Å². The minimum Gasteiger partial charge on any atom is -0.744 e. The van der Waals surface area contributed by atoms with Crippen LogP contribution in [0.5, 0.6) is 11.5 Å². The van der Waals surface area contributed by atoms with Crippen molar-refractivity contribution in [3.8, 4) is 34.0 Å². The molecule has 19 rings (SSSR count). The van der Waals surface area contributed by atoms with Gasteiger partial charge in [0.05, 0.1) is 117 Å². The molecule has 15 nitrogen and oxygen atoms in total. The Labute approximate surface area is 789 Å². The Morgan fingerprint density at radius 3 is 0.859 bits per heavy atom. The molecule has 1 aliphatic carbocycles. The lowest BCUT2D eigenvalue weighted by atomic mass is 9.80. The van der Waals surface area contributed by atoms with Crippen molar-refractivity contribution in [2.75, 3.05) is 31.1 Å². The van der Waals surface area contributed by atoms with E-state index in [1.54, 1.807) is 0 Å². The normalized spacial score (nSPS) is 11.5. The molecule has 0 saturated heterocycles. The van der Waals surface area contributed by atoms with E-state index in [1.165, 1.54) is 114 Å². The van der Waals surface area contributed by atoms with Crippen molar-refractivity contribution >= 4 is 112 Å². The van der Waals surface area contributed by atoms with Crippen LogP contribution in [0.2, 0.25) is 0 Å². The fraction of sp³-hybridized carbons (Fsp3) is 0.0924. The highest BCUT2D eigenvalue weighted by Gasteiger charge is 2.41. The molecule has 135 heavy (non-hydrogen) atoms. The predicted octanol–water partition coefficient (Wildman–Crippen LogP) is 28.1. The van der Waals surface area contributed by atoms with Crippen LogP contribution in [0.25, 0.3) is 44.3 Å². The second-order valence-electron chi connectivity index (χ2n) is 34.7. The van der Waals surface area contributed by atoms with Gasteiger partial charge in [-0.15, -0.1) is 0 Å². The molecule has 0 aliphatic heterocycles. The Morgan fingerprint density at radius 1 is 0.333 bits per heavy atom. The van der Waals surface area contributed by atoms with Gasteiger partial charge in [-0.25, -0.2) is 8.42 Å². The molecule has 0 bridgehead atoms. The van der Waals surface area contributed by atoms with Crippen molar-refractivity contribution in [3.63, 3.8) is 0 Å². The van der Waals surface area contributed by atoms with Crippen molar-refractivity contribution in [1.29, 1.82) is 0 Å². The molecule has 0 radical (unpaired) electrons. The number of ketones is 2. The number of phenolic OH excluding ortho intramolecular Hbond substituents is 2. The van der Waals surface area contributed by atoms with Crippen LogP contribution in [0.3, 0.4) is 0 Å². The van der Waals surface area contributed by atoms with Gasteiger partial charge in [-0.2, -0.15) is 0 Å². The van der Waals surface area contributed by atoms with Crippen LogP contribution in [0, 0.1) is 60.3 Å². The molecule has 6 N–H and O–H groups in total. The van der Waals surface area contributed by atoms with Gasteiger partial charge in [0.25, 0.3) is 0 Å². The van der Waals surface area contributed by atoms with Crippen LogP contribution in [0.15, 0.2) is 393 Å². The first-order valence-electron chi connectivity index (χ1n) is 44.7. The zero-order chi connectivity index (χ0) is 94.9. The van der Waals surface area contributed by atoms with Gasteiger partial charge >= 0.3 is 0 Å². The third kappa shape index (κ3) is 17.9. The number of aryl methyl sites for hydroxylation is 9. The summed E-state index contributed by atoms with van der Waals surface area (Å²) < 4.78 is 38.5. The van der Waals surface area contributed by atoms with E-state index in [4.69, 9.17) is 11.5 Å². The van der Waals surface area contributed by atoms with Crippen LogP contribution in [-0.2, 0) is 24.2 Å². The molecular weight excluding hydrogens is 1690 g/mol. The van der Waals surface area contributed by atoms with Crippen molar-refractivity contribution in [1.82, 2.24) is 9.13 Å². The summed E-state index contributed by atoms with van der Waals surface area (Å²) in [4.78, 5) is 33.4. The van der Waals surface area contributed by atoms with E-state index in [9.17, 15) is 32.8 Å². The van der Waals surface area contributed by atoms with Crippen LogP contribution in [-0.4, -0.2) is 43.9 Å². The number of rotatable bonds is 21. The molecule has 0 amide bonds. The van der Waals surface area contributed by atoms with Gasteiger partial charge in [0.15, 0.2) is 0 Å². The Morgan fingerprint density at radius 2 is 0.578 bits per heavy atom. The number of para-hydroxylation sites is 2. The number of benzene rings is 16. The summed E-state index contributed by atoms with van der Waals surface area (Å²) >= 11 is 0. The smallest absolute Gasteiger partial charge is 0.200 e. The number of phenols is 2. The second-order valence-corrected chi connectivity index (χ2v) is 36.0. The van der Waals surface area contributed by atoms with Gasteiger partial charge in [-0.1, -0.05) is 180 Å². The first-order chi connectivity index (χ1) is 65.0. The van der Waals surface area contributed by atoms with Crippen LogP contribution in [0.4, 0.5) is 68.2 Å². The number of aromatic nitrogens is 2. The van der Waals surface area contributed by atoms with Crippen molar-refractivity contribution in [3.05, 3.63) is 495 Å². The van der Waals surface area contributed by atoms with E-state index in [0.29, 0.717) is 6.07 Å². The van der Waals surface area contributed by atoms with Crippen LogP contribution < -0.4 is 31.1 Å². The molecular formula is C119H103N8O7S+. The second kappa shape index (κ2) is 37.7. The van der Waals surface area contributed by atoms with E-state index >= 15 is 0 Å². The van der Waals surface area contributed by atoms with Gasteiger partial charge in [-0.3, -0.25) is 9.59 Å². The summed E-state index contributed by atoms with van der Waals surface area (Å²) in [6.45, 7) is 27.0. The number of anilines is 12. The fourth-order valence-electron chi connectivity index (χ4n) is 18.3. The Kier molecular flexibility index (Phi) is 25.3. The van der Waals surface area contributed by atoms with Crippen LogP contribution in [0.1, 0.15) is 118 Å². The zero-order valence-corrected chi connectivity index (χ0v) is 78.1. The number of carbonyl (C=O) groups is 2. The average Bonchev–Trinajstić information content (AvgIpc) is 1.54. The molecule has 0 spiro atoms.